The lowest BCUT2D eigenvalue weighted by Gasteiger charge is -2.38. The molecule has 116 valence electrons. The number of aromatic nitrogens is 3. The van der Waals surface area contributed by atoms with Crippen molar-refractivity contribution in [3.8, 4) is 0 Å². The molecular formula is C15H20N6O. The topological polar surface area (TPSA) is 97.0 Å². The molecule has 3 N–H and O–H groups in total. The molecule has 7 nitrogen and oxygen atoms in total. The maximum atomic E-state index is 11.6. The maximum Gasteiger partial charge on any atom is 0.234 e. The molecule has 22 heavy (non-hydrogen) atoms. The molecular weight excluding hydrogens is 280 g/mol. The molecule has 0 saturated carbocycles. The zero-order valence-corrected chi connectivity index (χ0v) is 12.6. The van der Waals surface area contributed by atoms with E-state index >= 15 is 0 Å². The van der Waals surface area contributed by atoms with Gasteiger partial charge < -0.3 is 16.0 Å². The van der Waals surface area contributed by atoms with E-state index in [9.17, 15) is 4.79 Å². The second-order valence-corrected chi connectivity index (χ2v) is 5.77. The Morgan fingerprint density at radius 1 is 1.32 bits per heavy atom. The number of nitrogens with two attached hydrogens (primary N) is 1. The SMILES string of the molecule is C[C@H]1C[C@@H](NC(=O)CN)CN(c2ccnc3nccnc23)C1. The zero-order valence-electron chi connectivity index (χ0n) is 12.6. The molecule has 2 atom stereocenters. The van der Waals surface area contributed by atoms with E-state index in [-0.39, 0.29) is 18.5 Å². The van der Waals surface area contributed by atoms with Gasteiger partial charge in [-0.2, -0.15) is 0 Å². The van der Waals surface area contributed by atoms with Crippen LogP contribution in [-0.2, 0) is 4.79 Å². The van der Waals surface area contributed by atoms with E-state index in [1.807, 2.05) is 6.07 Å². The van der Waals surface area contributed by atoms with Crippen molar-refractivity contribution in [2.45, 2.75) is 19.4 Å². The quantitative estimate of drug-likeness (QED) is 0.847. The number of carbonyl (C=O) groups excluding carboxylic acids is 1. The molecule has 0 unspecified atom stereocenters. The third kappa shape index (κ3) is 2.99. The summed E-state index contributed by atoms with van der Waals surface area (Å²) in [6.07, 6.45) is 6.02. The molecule has 3 heterocycles. The normalized spacial score (nSPS) is 21.8. The Kier molecular flexibility index (Phi) is 4.15. The Bertz CT molecular complexity index is 671. The predicted octanol–water partition coefficient (Wildman–Crippen LogP) is 0.315. The van der Waals surface area contributed by atoms with Crippen LogP contribution in [0.4, 0.5) is 5.69 Å². The first-order chi connectivity index (χ1) is 10.7. The fourth-order valence-corrected chi connectivity index (χ4v) is 3.06. The van der Waals surface area contributed by atoms with Crippen LogP contribution < -0.4 is 16.0 Å². The van der Waals surface area contributed by atoms with Crippen LogP contribution in [0.5, 0.6) is 0 Å². The van der Waals surface area contributed by atoms with Crippen LogP contribution in [0.1, 0.15) is 13.3 Å². The molecule has 2 aromatic rings. The number of anilines is 1. The number of hydrogen-bond acceptors (Lipinski definition) is 6. The Hall–Kier alpha value is -2.28. The van der Waals surface area contributed by atoms with Crippen molar-refractivity contribution in [1.29, 1.82) is 0 Å². The van der Waals surface area contributed by atoms with E-state index in [1.165, 1.54) is 0 Å². The first kappa shape index (κ1) is 14.6. The van der Waals surface area contributed by atoms with Gasteiger partial charge in [0.25, 0.3) is 0 Å². The smallest absolute Gasteiger partial charge is 0.234 e. The summed E-state index contributed by atoms with van der Waals surface area (Å²) in [6, 6.07) is 2.05. The average Bonchev–Trinajstić information content (AvgIpc) is 2.53. The summed E-state index contributed by atoms with van der Waals surface area (Å²) >= 11 is 0. The molecule has 1 aliphatic rings. The van der Waals surface area contributed by atoms with Gasteiger partial charge in [-0.3, -0.25) is 4.79 Å². The molecule has 7 heteroatoms. The molecule has 0 radical (unpaired) electrons. The third-order valence-electron chi connectivity index (χ3n) is 3.90. The van der Waals surface area contributed by atoms with Crippen molar-refractivity contribution in [2.24, 2.45) is 11.7 Å². The number of fused-ring (bicyclic) bond motifs is 1. The van der Waals surface area contributed by atoms with Crippen LogP contribution in [0.25, 0.3) is 11.2 Å². The molecule has 0 bridgehead atoms. The Morgan fingerprint density at radius 2 is 2.09 bits per heavy atom. The molecule has 2 aromatic heterocycles. The fraction of sp³-hybridized carbons (Fsp3) is 0.467. The van der Waals surface area contributed by atoms with Gasteiger partial charge in [0, 0.05) is 37.7 Å². The Balaban J connectivity index is 1.87. The van der Waals surface area contributed by atoms with Gasteiger partial charge in [0.2, 0.25) is 5.91 Å². The van der Waals surface area contributed by atoms with Crippen LogP contribution in [0.15, 0.2) is 24.7 Å². The number of piperidine rings is 1. The summed E-state index contributed by atoms with van der Waals surface area (Å²) in [5.74, 6) is 0.357. The van der Waals surface area contributed by atoms with Gasteiger partial charge >= 0.3 is 0 Å². The Morgan fingerprint density at radius 3 is 2.91 bits per heavy atom. The van der Waals surface area contributed by atoms with Crippen molar-refractivity contribution < 1.29 is 4.79 Å². The minimum atomic E-state index is -0.113. The van der Waals surface area contributed by atoms with E-state index in [0.717, 1.165) is 30.7 Å². The zero-order chi connectivity index (χ0) is 15.5. The molecule has 1 amide bonds. The molecule has 0 spiro atoms. The number of hydrogen-bond donors (Lipinski definition) is 2. The van der Waals surface area contributed by atoms with Gasteiger partial charge in [-0.25, -0.2) is 15.0 Å². The number of carbonyl (C=O) groups is 1. The lowest BCUT2D eigenvalue weighted by atomic mass is 9.95. The highest BCUT2D eigenvalue weighted by Crippen LogP contribution is 2.27. The minimum absolute atomic E-state index is 0.0224. The number of amides is 1. The van der Waals surface area contributed by atoms with Gasteiger partial charge in [-0.1, -0.05) is 6.92 Å². The van der Waals surface area contributed by atoms with Crippen LogP contribution in [-0.4, -0.2) is 46.5 Å². The van der Waals surface area contributed by atoms with Crippen LogP contribution in [0, 0.1) is 5.92 Å². The molecule has 1 fully saturated rings. The molecule has 1 saturated heterocycles. The number of nitrogens with zero attached hydrogens (tertiary/aromatic N) is 4. The lowest BCUT2D eigenvalue weighted by Crippen LogP contribution is -2.51. The summed E-state index contributed by atoms with van der Waals surface area (Å²) < 4.78 is 0. The summed E-state index contributed by atoms with van der Waals surface area (Å²) in [4.78, 5) is 26.7. The minimum Gasteiger partial charge on any atom is -0.367 e. The summed E-state index contributed by atoms with van der Waals surface area (Å²) in [5.41, 5.74) is 7.84. The molecule has 1 aliphatic heterocycles. The van der Waals surface area contributed by atoms with E-state index in [4.69, 9.17) is 5.73 Å². The van der Waals surface area contributed by atoms with Gasteiger partial charge in [0.15, 0.2) is 5.65 Å². The first-order valence-corrected chi connectivity index (χ1v) is 7.47. The fourth-order valence-electron chi connectivity index (χ4n) is 3.06. The highest BCUT2D eigenvalue weighted by Gasteiger charge is 2.27. The van der Waals surface area contributed by atoms with E-state index in [1.54, 1.807) is 18.6 Å². The monoisotopic (exact) mass is 300 g/mol. The number of pyridine rings is 1. The lowest BCUT2D eigenvalue weighted by molar-refractivity contribution is -0.120. The summed E-state index contributed by atoms with van der Waals surface area (Å²) in [5, 5.41) is 2.99. The van der Waals surface area contributed by atoms with E-state index < -0.39 is 0 Å². The second-order valence-electron chi connectivity index (χ2n) is 5.77. The van der Waals surface area contributed by atoms with E-state index in [2.05, 4.69) is 32.1 Å². The van der Waals surface area contributed by atoms with Crippen LogP contribution >= 0.6 is 0 Å². The van der Waals surface area contributed by atoms with Gasteiger partial charge in [-0.15, -0.1) is 0 Å². The van der Waals surface area contributed by atoms with E-state index in [0.29, 0.717) is 11.6 Å². The largest absolute Gasteiger partial charge is 0.367 e. The predicted molar refractivity (Wildman–Crippen MR) is 84.3 cm³/mol. The van der Waals surface area contributed by atoms with Crippen molar-refractivity contribution in [1.82, 2.24) is 20.3 Å². The summed E-state index contributed by atoms with van der Waals surface area (Å²) in [6.45, 7) is 3.87. The number of rotatable bonds is 3. The van der Waals surface area contributed by atoms with Gasteiger partial charge in [0.1, 0.15) is 5.52 Å². The van der Waals surface area contributed by atoms with Crippen molar-refractivity contribution in [2.75, 3.05) is 24.5 Å². The molecule has 0 aliphatic carbocycles. The van der Waals surface area contributed by atoms with Crippen molar-refractivity contribution in [3.05, 3.63) is 24.7 Å². The molecule has 0 aromatic carbocycles. The first-order valence-electron chi connectivity index (χ1n) is 7.47. The molecule has 3 rings (SSSR count). The number of nitrogens with one attached hydrogen (secondary N) is 1. The summed E-state index contributed by atoms with van der Waals surface area (Å²) in [7, 11) is 0. The Labute approximate surface area is 128 Å². The van der Waals surface area contributed by atoms with Crippen LogP contribution in [0.2, 0.25) is 0 Å². The standard InChI is InChI=1S/C15H20N6O/c1-10-6-11(20-13(22)7-16)9-21(8-10)12-2-3-18-15-14(12)17-4-5-19-15/h2-5,10-11H,6-9,16H2,1H3,(H,20,22)/t10-,11+/m0/s1. The second kappa shape index (κ2) is 6.23. The van der Waals surface area contributed by atoms with Gasteiger partial charge in [0.05, 0.1) is 12.2 Å². The van der Waals surface area contributed by atoms with Crippen molar-refractivity contribution >= 4 is 22.8 Å². The average molecular weight is 300 g/mol. The van der Waals surface area contributed by atoms with Crippen LogP contribution in [0.3, 0.4) is 0 Å². The third-order valence-corrected chi connectivity index (χ3v) is 3.90. The highest BCUT2D eigenvalue weighted by atomic mass is 16.1. The highest BCUT2D eigenvalue weighted by molar-refractivity contribution is 5.85. The van der Waals surface area contributed by atoms with Gasteiger partial charge in [-0.05, 0) is 18.4 Å². The maximum absolute atomic E-state index is 11.6. The van der Waals surface area contributed by atoms with Crippen molar-refractivity contribution in [3.63, 3.8) is 0 Å².